The number of hydrogen-bond donors (Lipinski definition) is 1. The van der Waals surface area contributed by atoms with Crippen LogP contribution in [-0.4, -0.2) is 12.0 Å². The van der Waals surface area contributed by atoms with E-state index in [0.29, 0.717) is 0 Å². The molecule has 1 aromatic heterocycles. The van der Waals surface area contributed by atoms with Gasteiger partial charge in [0.1, 0.15) is 5.82 Å². The van der Waals surface area contributed by atoms with Gasteiger partial charge in [-0.25, -0.2) is 4.39 Å². The number of anilines is 3. The van der Waals surface area contributed by atoms with Crippen molar-refractivity contribution < 1.29 is 4.39 Å². The molecule has 1 heterocycles. The second kappa shape index (κ2) is 4.18. The van der Waals surface area contributed by atoms with Gasteiger partial charge in [-0.2, -0.15) is 0 Å². The van der Waals surface area contributed by atoms with E-state index >= 15 is 0 Å². The lowest BCUT2D eigenvalue weighted by atomic mass is 10.2. The molecule has 0 aliphatic rings. The van der Waals surface area contributed by atoms with Crippen LogP contribution in [0.1, 0.15) is 0 Å². The molecule has 0 bridgehead atoms. The van der Waals surface area contributed by atoms with Crippen LogP contribution in [0.2, 0.25) is 0 Å². The highest BCUT2D eigenvalue weighted by Crippen LogP contribution is 2.25. The van der Waals surface area contributed by atoms with Crippen molar-refractivity contribution in [3.05, 3.63) is 48.5 Å². The minimum absolute atomic E-state index is 0.159. The van der Waals surface area contributed by atoms with Crippen molar-refractivity contribution in [2.45, 2.75) is 0 Å². The molecule has 0 aliphatic carbocycles. The summed E-state index contributed by atoms with van der Waals surface area (Å²) in [6.45, 7) is 0. The van der Waals surface area contributed by atoms with Gasteiger partial charge in [0, 0.05) is 30.8 Å². The molecule has 0 atom stereocenters. The Morgan fingerprint density at radius 3 is 2.44 bits per heavy atom. The van der Waals surface area contributed by atoms with Gasteiger partial charge in [-0.05, 0) is 30.3 Å². The third-order valence-electron chi connectivity index (χ3n) is 2.42. The first kappa shape index (κ1) is 10.4. The van der Waals surface area contributed by atoms with Gasteiger partial charge < -0.3 is 10.6 Å². The average molecular weight is 217 g/mol. The van der Waals surface area contributed by atoms with Crippen LogP contribution >= 0.6 is 0 Å². The predicted octanol–water partition coefficient (Wildman–Crippen LogP) is 2.57. The highest BCUT2D eigenvalue weighted by atomic mass is 19.1. The Bertz CT molecular complexity index is 485. The summed E-state index contributed by atoms with van der Waals surface area (Å²) in [5.74, 6) is -0.404. The van der Waals surface area contributed by atoms with Crippen molar-refractivity contribution in [2.75, 3.05) is 17.7 Å². The Kier molecular flexibility index (Phi) is 2.72. The number of nitrogens with zero attached hydrogens (tertiary/aromatic N) is 2. The van der Waals surface area contributed by atoms with Crippen molar-refractivity contribution in [1.29, 1.82) is 0 Å². The van der Waals surface area contributed by atoms with Gasteiger partial charge in [0.2, 0.25) is 0 Å². The number of aromatic nitrogens is 1. The molecule has 2 aromatic rings. The highest BCUT2D eigenvalue weighted by Gasteiger charge is 2.06. The number of nitrogen functional groups attached to an aromatic ring is 1. The third kappa shape index (κ3) is 1.95. The van der Waals surface area contributed by atoms with Crippen molar-refractivity contribution in [3.8, 4) is 0 Å². The first-order chi connectivity index (χ1) is 7.68. The lowest BCUT2D eigenvalue weighted by Crippen LogP contribution is -2.09. The van der Waals surface area contributed by atoms with Crippen LogP contribution in [0.25, 0.3) is 0 Å². The Labute approximate surface area is 93.3 Å². The molecule has 0 amide bonds. The maximum atomic E-state index is 13.3. The van der Waals surface area contributed by atoms with E-state index in [1.165, 1.54) is 6.07 Å². The minimum Gasteiger partial charge on any atom is -0.396 e. The maximum absolute atomic E-state index is 13.3. The zero-order valence-corrected chi connectivity index (χ0v) is 8.89. The summed E-state index contributed by atoms with van der Waals surface area (Å²) in [7, 11) is 1.86. The number of nitrogens with two attached hydrogens (primary N) is 1. The minimum atomic E-state index is -0.404. The average Bonchev–Trinajstić information content (AvgIpc) is 2.33. The Balaban J connectivity index is 2.34. The summed E-state index contributed by atoms with van der Waals surface area (Å²) < 4.78 is 13.3. The predicted molar refractivity (Wildman–Crippen MR) is 63.1 cm³/mol. The molecule has 1 aromatic carbocycles. The zero-order chi connectivity index (χ0) is 11.5. The number of halogens is 1. The van der Waals surface area contributed by atoms with Crippen LogP contribution in [0.15, 0.2) is 42.7 Å². The van der Waals surface area contributed by atoms with Crippen molar-refractivity contribution in [3.63, 3.8) is 0 Å². The molecular formula is C12H12FN3. The second-order valence-electron chi connectivity index (χ2n) is 3.47. The van der Waals surface area contributed by atoms with Gasteiger partial charge in [-0.3, -0.25) is 4.98 Å². The molecule has 0 saturated carbocycles. The molecular weight excluding hydrogens is 205 g/mol. The van der Waals surface area contributed by atoms with Crippen LogP contribution in [-0.2, 0) is 0 Å². The van der Waals surface area contributed by atoms with Crippen LogP contribution in [0, 0.1) is 5.82 Å². The first-order valence-electron chi connectivity index (χ1n) is 4.87. The highest BCUT2D eigenvalue weighted by molar-refractivity contribution is 5.64. The lowest BCUT2D eigenvalue weighted by molar-refractivity contribution is 0.632. The molecule has 2 N–H and O–H groups in total. The van der Waals surface area contributed by atoms with Gasteiger partial charge in [-0.15, -0.1) is 0 Å². The molecule has 0 radical (unpaired) electrons. The third-order valence-corrected chi connectivity index (χ3v) is 2.42. The van der Waals surface area contributed by atoms with Crippen LogP contribution in [0.4, 0.5) is 21.5 Å². The van der Waals surface area contributed by atoms with Crippen molar-refractivity contribution in [2.24, 2.45) is 0 Å². The number of benzene rings is 1. The van der Waals surface area contributed by atoms with Gasteiger partial charge >= 0.3 is 0 Å². The van der Waals surface area contributed by atoms with Gasteiger partial charge in [-0.1, -0.05) is 0 Å². The van der Waals surface area contributed by atoms with Crippen LogP contribution < -0.4 is 10.6 Å². The molecule has 0 saturated heterocycles. The van der Waals surface area contributed by atoms with Crippen molar-refractivity contribution >= 4 is 17.1 Å². The number of rotatable bonds is 2. The smallest absolute Gasteiger partial charge is 0.148 e. The zero-order valence-electron chi connectivity index (χ0n) is 8.89. The standard InChI is InChI=1S/C12H12FN3/c1-16(9-4-6-15-7-5-9)10-2-3-12(14)11(13)8-10/h2-8H,14H2,1H3. The van der Waals surface area contributed by atoms with E-state index in [-0.39, 0.29) is 5.69 Å². The summed E-state index contributed by atoms with van der Waals surface area (Å²) in [5, 5.41) is 0. The van der Waals surface area contributed by atoms with Crippen LogP contribution in [0.3, 0.4) is 0 Å². The maximum Gasteiger partial charge on any atom is 0.148 e. The molecule has 82 valence electrons. The molecule has 4 heteroatoms. The van der Waals surface area contributed by atoms with E-state index in [4.69, 9.17) is 5.73 Å². The van der Waals surface area contributed by atoms with E-state index in [9.17, 15) is 4.39 Å². The fourth-order valence-electron chi connectivity index (χ4n) is 1.44. The van der Waals surface area contributed by atoms with E-state index in [2.05, 4.69) is 4.98 Å². The van der Waals surface area contributed by atoms with E-state index in [1.807, 2.05) is 24.1 Å². The largest absolute Gasteiger partial charge is 0.396 e. The van der Waals surface area contributed by atoms with Crippen LogP contribution in [0.5, 0.6) is 0 Å². The first-order valence-corrected chi connectivity index (χ1v) is 4.87. The Hall–Kier alpha value is -2.10. The SMILES string of the molecule is CN(c1ccncc1)c1ccc(N)c(F)c1. The Morgan fingerprint density at radius 1 is 1.12 bits per heavy atom. The molecule has 0 aliphatic heterocycles. The van der Waals surface area contributed by atoms with E-state index in [1.54, 1.807) is 24.5 Å². The summed E-state index contributed by atoms with van der Waals surface area (Å²) in [5.41, 5.74) is 7.27. The van der Waals surface area contributed by atoms with E-state index in [0.717, 1.165) is 11.4 Å². The molecule has 0 spiro atoms. The van der Waals surface area contributed by atoms with Gasteiger partial charge in [0.25, 0.3) is 0 Å². The fraction of sp³-hybridized carbons (Fsp3) is 0.0833. The van der Waals surface area contributed by atoms with Gasteiger partial charge in [0.15, 0.2) is 0 Å². The molecule has 0 unspecified atom stereocenters. The van der Waals surface area contributed by atoms with Crippen molar-refractivity contribution in [1.82, 2.24) is 4.98 Å². The topological polar surface area (TPSA) is 42.2 Å². The molecule has 2 rings (SSSR count). The quantitative estimate of drug-likeness (QED) is 0.786. The summed E-state index contributed by atoms with van der Waals surface area (Å²) in [6, 6.07) is 8.46. The monoisotopic (exact) mass is 217 g/mol. The molecule has 0 fully saturated rings. The van der Waals surface area contributed by atoms with Gasteiger partial charge in [0.05, 0.1) is 5.69 Å². The summed E-state index contributed by atoms with van der Waals surface area (Å²) >= 11 is 0. The summed E-state index contributed by atoms with van der Waals surface area (Å²) in [4.78, 5) is 5.80. The van der Waals surface area contributed by atoms with E-state index < -0.39 is 5.82 Å². The normalized spacial score (nSPS) is 10.1. The molecule has 16 heavy (non-hydrogen) atoms. The number of hydrogen-bond acceptors (Lipinski definition) is 3. The molecule has 3 nitrogen and oxygen atoms in total. The second-order valence-corrected chi connectivity index (χ2v) is 3.47. The summed E-state index contributed by atoms with van der Waals surface area (Å²) in [6.07, 6.45) is 3.39. The number of pyridine rings is 1. The Morgan fingerprint density at radius 2 is 1.81 bits per heavy atom. The lowest BCUT2D eigenvalue weighted by Gasteiger charge is -2.19. The fourth-order valence-corrected chi connectivity index (χ4v) is 1.44.